The second-order valence-electron chi connectivity index (χ2n) is 7.68. The maximum atomic E-state index is 10.6. The predicted octanol–water partition coefficient (Wildman–Crippen LogP) is 4.99. The number of carbonyl (C=O) groups is 2. The molecular formula is C20H32O2. The SMILES string of the molecule is CC1=CC(C)C(C)C(C=O)C1.CC1=CCC(CC=O)C1(C)C. The van der Waals surface area contributed by atoms with Gasteiger partial charge in [-0.15, -0.1) is 0 Å². The third-order valence-corrected chi connectivity index (χ3v) is 5.91. The van der Waals surface area contributed by atoms with Crippen LogP contribution in [-0.2, 0) is 9.59 Å². The fourth-order valence-corrected chi connectivity index (χ4v) is 3.49. The molecule has 2 aliphatic rings. The summed E-state index contributed by atoms with van der Waals surface area (Å²) in [5.74, 6) is 1.89. The van der Waals surface area contributed by atoms with E-state index in [1.165, 1.54) is 11.1 Å². The van der Waals surface area contributed by atoms with Gasteiger partial charge >= 0.3 is 0 Å². The Kier molecular flexibility index (Phi) is 6.77. The number of rotatable bonds is 3. The van der Waals surface area contributed by atoms with Gasteiger partial charge in [-0.1, -0.05) is 51.0 Å². The van der Waals surface area contributed by atoms with E-state index in [0.717, 1.165) is 25.4 Å². The van der Waals surface area contributed by atoms with Crippen molar-refractivity contribution in [2.75, 3.05) is 0 Å². The normalized spacial score (nSPS) is 33.2. The molecule has 0 radical (unpaired) electrons. The average molecular weight is 304 g/mol. The average Bonchev–Trinajstić information content (AvgIpc) is 2.71. The van der Waals surface area contributed by atoms with Gasteiger partial charge in [-0.2, -0.15) is 0 Å². The summed E-state index contributed by atoms with van der Waals surface area (Å²) in [5.41, 5.74) is 3.05. The van der Waals surface area contributed by atoms with Crippen molar-refractivity contribution in [3.8, 4) is 0 Å². The third-order valence-electron chi connectivity index (χ3n) is 5.91. The van der Waals surface area contributed by atoms with E-state index in [2.05, 4.69) is 53.7 Å². The zero-order chi connectivity index (χ0) is 16.9. The van der Waals surface area contributed by atoms with Crippen molar-refractivity contribution >= 4 is 12.6 Å². The van der Waals surface area contributed by atoms with E-state index in [-0.39, 0.29) is 11.3 Å². The molecule has 0 saturated carbocycles. The molecule has 0 spiro atoms. The quantitative estimate of drug-likeness (QED) is 0.543. The maximum absolute atomic E-state index is 10.6. The van der Waals surface area contributed by atoms with Crippen molar-refractivity contribution in [2.24, 2.45) is 29.1 Å². The topological polar surface area (TPSA) is 34.1 Å². The molecule has 0 saturated heterocycles. The van der Waals surface area contributed by atoms with Gasteiger partial charge in [-0.25, -0.2) is 0 Å². The first kappa shape index (κ1) is 18.9. The van der Waals surface area contributed by atoms with Crippen molar-refractivity contribution in [3.05, 3.63) is 23.3 Å². The van der Waals surface area contributed by atoms with Crippen LogP contribution in [0.3, 0.4) is 0 Å². The molecule has 0 aromatic rings. The standard InChI is InChI=1S/2C10H16O/c1-7-4-8(2)9(3)10(5-7)6-11;1-8-4-5-9(6-7-11)10(8,2)3/h4,6,8-10H,5H2,1-3H3;4,7,9H,5-6H2,1-3H3. The van der Waals surface area contributed by atoms with E-state index in [9.17, 15) is 9.59 Å². The minimum absolute atomic E-state index is 0.251. The van der Waals surface area contributed by atoms with Crippen molar-refractivity contribution in [3.63, 3.8) is 0 Å². The zero-order valence-corrected chi connectivity index (χ0v) is 15.1. The highest BCUT2D eigenvalue weighted by atomic mass is 16.1. The van der Waals surface area contributed by atoms with Crippen LogP contribution < -0.4 is 0 Å². The van der Waals surface area contributed by atoms with Crippen LogP contribution in [0.5, 0.6) is 0 Å². The summed E-state index contributed by atoms with van der Waals surface area (Å²) in [7, 11) is 0. The molecule has 0 fully saturated rings. The summed E-state index contributed by atoms with van der Waals surface area (Å²) >= 11 is 0. The van der Waals surface area contributed by atoms with E-state index in [0.29, 0.717) is 24.2 Å². The lowest BCUT2D eigenvalue weighted by atomic mass is 9.76. The summed E-state index contributed by atoms with van der Waals surface area (Å²) in [4.78, 5) is 21.0. The summed E-state index contributed by atoms with van der Waals surface area (Å²) in [6.07, 6.45) is 9.45. The van der Waals surface area contributed by atoms with Crippen LogP contribution >= 0.6 is 0 Å². The number of allylic oxidation sites excluding steroid dienone is 4. The van der Waals surface area contributed by atoms with Gasteiger partial charge in [0.2, 0.25) is 0 Å². The summed E-state index contributed by atoms with van der Waals surface area (Å²) < 4.78 is 0. The van der Waals surface area contributed by atoms with Crippen molar-refractivity contribution in [1.29, 1.82) is 0 Å². The summed E-state index contributed by atoms with van der Waals surface area (Å²) in [6, 6.07) is 0. The fourth-order valence-electron chi connectivity index (χ4n) is 3.49. The first-order valence-corrected chi connectivity index (χ1v) is 8.47. The maximum Gasteiger partial charge on any atom is 0.123 e. The van der Waals surface area contributed by atoms with E-state index >= 15 is 0 Å². The summed E-state index contributed by atoms with van der Waals surface area (Å²) in [5, 5.41) is 0. The van der Waals surface area contributed by atoms with Gasteiger partial charge in [0.05, 0.1) is 0 Å². The van der Waals surface area contributed by atoms with Crippen molar-refractivity contribution in [2.45, 2.75) is 60.8 Å². The third kappa shape index (κ3) is 4.41. The van der Waals surface area contributed by atoms with Gasteiger partial charge in [0.1, 0.15) is 12.6 Å². The van der Waals surface area contributed by atoms with Crippen molar-refractivity contribution < 1.29 is 9.59 Å². The van der Waals surface area contributed by atoms with Crippen LogP contribution in [0, 0.1) is 29.1 Å². The highest BCUT2D eigenvalue weighted by Crippen LogP contribution is 2.44. The lowest BCUT2D eigenvalue weighted by molar-refractivity contribution is -0.113. The minimum Gasteiger partial charge on any atom is -0.303 e. The molecule has 2 nitrogen and oxygen atoms in total. The Labute approximate surface area is 136 Å². The van der Waals surface area contributed by atoms with Gasteiger partial charge < -0.3 is 9.59 Å². The molecule has 124 valence electrons. The second-order valence-corrected chi connectivity index (χ2v) is 7.68. The van der Waals surface area contributed by atoms with E-state index < -0.39 is 0 Å². The number of aldehydes is 2. The molecule has 0 aromatic carbocycles. The van der Waals surface area contributed by atoms with Gasteiger partial charge in [0.25, 0.3) is 0 Å². The molecule has 0 bridgehead atoms. The first-order chi connectivity index (χ1) is 10.2. The molecule has 4 atom stereocenters. The number of carbonyl (C=O) groups excluding carboxylic acids is 2. The van der Waals surface area contributed by atoms with Crippen LogP contribution in [0.15, 0.2) is 23.3 Å². The Bertz CT molecular complexity index is 456. The molecular weight excluding hydrogens is 272 g/mol. The predicted molar refractivity (Wildman–Crippen MR) is 92.6 cm³/mol. The lowest BCUT2D eigenvalue weighted by Crippen LogP contribution is -2.23. The van der Waals surface area contributed by atoms with Gasteiger partial charge in [0.15, 0.2) is 0 Å². The molecule has 0 aromatic heterocycles. The molecule has 0 N–H and O–H groups in total. The van der Waals surface area contributed by atoms with Gasteiger partial charge in [0, 0.05) is 12.3 Å². The van der Waals surface area contributed by atoms with Crippen LogP contribution in [0.2, 0.25) is 0 Å². The summed E-state index contributed by atoms with van der Waals surface area (Å²) in [6.45, 7) is 13.1. The van der Waals surface area contributed by atoms with E-state index in [1.807, 2.05) is 0 Å². The van der Waals surface area contributed by atoms with Crippen LogP contribution in [0.25, 0.3) is 0 Å². The molecule has 2 rings (SSSR count). The first-order valence-electron chi connectivity index (χ1n) is 8.47. The molecule has 22 heavy (non-hydrogen) atoms. The Morgan fingerprint density at radius 2 is 1.86 bits per heavy atom. The molecule has 0 amide bonds. The Morgan fingerprint density at radius 1 is 1.23 bits per heavy atom. The smallest absolute Gasteiger partial charge is 0.123 e. The number of hydrogen-bond acceptors (Lipinski definition) is 2. The molecule has 0 aliphatic heterocycles. The van der Waals surface area contributed by atoms with Crippen LogP contribution in [0.4, 0.5) is 0 Å². The Hall–Kier alpha value is -1.18. The highest BCUT2D eigenvalue weighted by Gasteiger charge is 2.34. The largest absolute Gasteiger partial charge is 0.303 e. The van der Waals surface area contributed by atoms with E-state index in [4.69, 9.17) is 0 Å². The molecule has 2 aliphatic carbocycles. The van der Waals surface area contributed by atoms with E-state index in [1.54, 1.807) is 0 Å². The highest BCUT2D eigenvalue weighted by molar-refractivity contribution is 5.55. The van der Waals surface area contributed by atoms with Crippen molar-refractivity contribution in [1.82, 2.24) is 0 Å². The molecule has 4 unspecified atom stereocenters. The Morgan fingerprint density at radius 3 is 2.32 bits per heavy atom. The lowest BCUT2D eigenvalue weighted by Gasteiger charge is -2.28. The van der Waals surface area contributed by atoms with Gasteiger partial charge in [-0.05, 0) is 49.9 Å². The van der Waals surface area contributed by atoms with Gasteiger partial charge in [-0.3, -0.25) is 0 Å². The van der Waals surface area contributed by atoms with Crippen LogP contribution in [0.1, 0.15) is 60.8 Å². The number of hydrogen-bond donors (Lipinski definition) is 0. The minimum atomic E-state index is 0.251. The van der Waals surface area contributed by atoms with Crippen LogP contribution in [-0.4, -0.2) is 12.6 Å². The molecule has 2 heteroatoms. The fraction of sp³-hybridized carbons (Fsp3) is 0.700. The monoisotopic (exact) mass is 304 g/mol. The molecule has 0 heterocycles. The zero-order valence-electron chi connectivity index (χ0n) is 15.1. The Balaban J connectivity index is 0.000000220. The second kappa shape index (κ2) is 7.89.